The van der Waals surface area contributed by atoms with Gasteiger partial charge in [-0.2, -0.15) is 13.2 Å². The third kappa shape index (κ3) is 3.01. The molecule has 0 bridgehead atoms. The maximum atomic E-state index is 13.3. The molecular weight excluding hydrogens is 323 g/mol. The summed E-state index contributed by atoms with van der Waals surface area (Å²) in [4.78, 5) is 17.8. The first-order chi connectivity index (χ1) is 11.3. The molecule has 1 aromatic heterocycles. The van der Waals surface area contributed by atoms with Crippen LogP contribution in [0.3, 0.4) is 0 Å². The highest BCUT2D eigenvalue weighted by atomic mass is 19.4. The average molecular weight is 339 g/mol. The number of likely N-dealkylation sites (tertiary alicyclic amines) is 1. The van der Waals surface area contributed by atoms with E-state index in [-0.39, 0.29) is 24.2 Å². The van der Waals surface area contributed by atoms with Gasteiger partial charge in [0.25, 0.3) is 5.91 Å². The van der Waals surface area contributed by atoms with Crippen molar-refractivity contribution in [2.24, 2.45) is 7.05 Å². The van der Waals surface area contributed by atoms with Crippen LogP contribution < -0.4 is 0 Å². The molecule has 1 aliphatic heterocycles. The van der Waals surface area contributed by atoms with Crippen LogP contribution >= 0.6 is 0 Å². The van der Waals surface area contributed by atoms with E-state index in [0.29, 0.717) is 0 Å². The quantitative estimate of drug-likeness (QED) is 0.914. The average Bonchev–Trinajstić information content (AvgIpc) is 3.12. The predicted molar refractivity (Wildman–Crippen MR) is 79.1 cm³/mol. The Kier molecular flexibility index (Phi) is 4.08. The third-order valence-electron chi connectivity index (χ3n) is 4.09. The molecule has 24 heavy (non-hydrogen) atoms. The molecule has 1 aliphatic rings. The van der Waals surface area contributed by atoms with Gasteiger partial charge in [0.15, 0.2) is 0 Å². The number of amides is 1. The number of hydrogen-bond acceptors (Lipinski definition) is 3. The van der Waals surface area contributed by atoms with Gasteiger partial charge in [0.2, 0.25) is 0 Å². The van der Waals surface area contributed by atoms with Crippen molar-refractivity contribution in [3.8, 4) is 0 Å². The zero-order valence-electron chi connectivity index (χ0n) is 12.9. The lowest BCUT2D eigenvalue weighted by atomic mass is 9.97. The van der Waals surface area contributed by atoms with E-state index in [4.69, 9.17) is 0 Å². The number of aryl methyl sites for hydroxylation is 1. The number of aliphatic hydroxyl groups excluding tert-OH is 1. The fourth-order valence-corrected chi connectivity index (χ4v) is 3.05. The molecule has 0 unspecified atom stereocenters. The van der Waals surface area contributed by atoms with Crippen molar-refractivity contribution in [1.29, 1.82) is 0 Å². The summed E-state index contributed by atoms with van der Waals surface area (Å²) in [6, 6.07) is 4.31. The van der Waals surface area contributed by atoms with E-state index in [0.717, 1.165) is 6.07 Å². The SMILES string of the molecule is Cn1cnc(C(=O)N2C[C@@H](O)C[C@@H]2c2ccccc2C(F)(F)F)c1. The number of halogens is 3. The maximum Gasteiger partial charge on any atom is 0.416 e. The highest BCUT2D eigenvalue weighted by molar-refractivity contribution is 5.92. The molecule has 1 aromatic carbocycles. The first-order valence-corrected chi connectivity index (χ1v) is 7.40. The predicted octanol–water partition coefficient (Wildman–Crippen LogP) is 2.39. The van der Waals surface area contributed by atoms with E-state index < -0.39 is 29.8 Å². The van der Waals surface area contributed by atoms with Crippen molar-refractivity contribution < 1.29 is 23.1 Å². The number of imidazole rings is 1. The molecule has 0 spiro atoms. The maximum absolute atomic E-state index is 13.3. The van der Waals surface area contributed by atoms with Crippen LogP contribution in [0.15, 0.2) is 36.8 Å². The van der Waals surface area contributed by atoms with Gasteiger partial charge in [0.05, 0.1) is 24.0 Å². The lowest BCUT2D eigenvalue weighted by Gasteiger charge is -2.26. The third-order valence-corrected chi connectivity index (χ3v) is 4.09. The Bertz CT molecular complexity index is 757. The molecule has 3 rings (SSSR count). The van der Waals surface area contributed by atoms with E-state index in [2.05, 4.69) is 4.98 Å². The summed E-state index contributed by atoms with van der Waals surface area (Å²) >= 11 is 0. The Morgan fingerprint density at radius 3 is 2.67 bits per heavy atom. The molecule has 2 aromatic rings. The molecule has 1 N–H and O–H groups in total. The van der Waals surface area contributed by atoms with E-state index in [1.807, 2.05) is 0 Å². The number of alkyl halides is 3. The molecule has 0 saturated carbocycles. The number of aromatic nitrogens is 2. The minimum Gasteiger partial charge on any atom is -0.391 e. The Hall–Kier alpha value is -2.35. The van der Waals surface area contributed by atoms with Gasteiger partial charge in [-0.3, -0.25) is 4.79 Å². The van der Waals surface area contributed by atoms with Crippen LogP contribution in [-0.2, 0) is 13.2 Å². The van der Waals surface area contributed by atoms with Gasteiger partial charge >= 0.3 is 6.18 Å². The summed E-state index contributed by atoms with van der Waals surface area (Å²) in [7, 11) is 1.69. The minimum absolute atomic E-state index is 0.00849. The summed E-state index contributed by atoms with van der Waals surface area (Å²) < 4.78 is 41.4. The topological polar surface area (TPSA) is 58.4 Å². The second-order valence-corrected chi connectivity index (χ2v) is 5.87. The van der Waals surface area contributed by atoms with E-state index in [1.165, 1.54) is 35.6 Å². The molecule has 0 aliphatic carbocycles. The van der Waals surface area contributed by atoms with Gasteiger partial charge in [-0.1, -0.05) is 18.2 Å². The van der Waals surface area contributed by atoms with Gasteiger partial charge in [-0.15, -0.1) is 0 Å². The lowest BCUT2D eigenvalue weighted by Crippen LogP contribution is -2.32. The van der Waals surface area contributed by atoms with Crippen LogP contribution in [0.5, 0.6) is 0 Å². The van der Waals surface area contributed by atoms with Crippen molar-refractivity contribution in [2.75, 3.05) is 6.54 Å². The minimum atomic E-state index is -4.52. The standard InChI is InChI=1S/C16H16F3N3O2/c1-21-8-13(20-9-21)15(24)22-7-10(23)6-14(22)11-4-2-3-5-12(11)16(17,18)19/h2-5,8-10,14,23H,6-7H2,1H3/t10-,14+/m0/s1. The highest BCUT2D eigenvalue weighted by Gasteiger charge is 2.41. The molecular formula is C16H16F3N3O2. The number of rotatable bonds is 2. The number of aliphatic hydroxyl groups is 1. The largest absolute Gasteiger partial charge is 0.416 e. The van der Waals surface area contributed by atoms with Crippen LogP contribution in [0, 0.1) is 0 Å². The molecule has 0 radical (unpaired) electrons. The van der Waals surface area contributed by atoms with E-state index >= 15 is 0 Å². The first kappa shape index (κ1) is 16.5. The van der Waals surface area contributed by atoms with Crippen LogP contribution in [0.25, 0.3) is 0 Å². The van der Waals surface area contributed by atoms with Crippen molar-refractivity contribution in [3.63, 3.8) is 0 Å². The fraction of sp³-hybridized carbons (Fsp3) is 0.375. The second kappa shape index (κ2) is 5.94. The van der Waals surface area contributed by atoms with Gasteiger partial charge in [-0.05, 0) is 18.1 Å². The van der Waals surface area contributed by atoms with Crippen molar-refractivity contribution in [1.82, 2.24) is 14.5 Å². The lowest BCUT2D eigenvalue weighted by molar-refractivity contribution is -0.138. The zero-order valence-corrected chi connectivity index (χ0v) is 12.9. The molecule has 1 amide bonds. The smallest absolute Gasteiger partial charge is 0.391 e. The Balaban J connectivity index is 1.99. The number of carbonyl (C=O) groups excluding carboxylic acids is 1. The highest BCUT2D eigenvalue weighted by Crippen LogP contribution is 2.40. The molecule has 128 valence electrons. The Morgan fingerprint density at radius 1 is 1.33 bits per heavy atom. The van der Waals surface area contributed by atoms with Gasteiger partial charge < -0.3 is 14.6 Å². The monoisotopic (exact) mass is 339 g/mol. The van der Waals surface area contributed by atoms with E-state index in [1.54, 1.807) is 11.6 Å². The summed E-state index contributed by atoms with van der Waals surface area (Å²) in [6.45, 7) is -0.0216. The van der Waals surface area contributed by atoms with Crippen LogP contribution in [-0.4, -0.2) is 38.1 Å². The zero-order chi connectivity index (χ0) is 17.5. The molecule has 1 fully saturated rings. The van der Waals surface area contributed by atoms with Crippen molar-refractivity contribution in [3.05, 3.63) is 53.6 Å². The van der Waals surface area contributed by atoms with Crippen LogP contribution in [0.2, 0.25) is 0 Å². The molecule has 2 atom stereocenters. The first-order valence-electron chi connectivity index (χ1n) is 7.40. The van der Waals surface area contributed by atoms with Crippen LogP contribution in [0.4, 0.5) is 13.2 Å². The second-order valence-electron chi connectivity index (χ2n) is 5.87. The number of β-amino-alcohol motifs (C(OH)–C–C–N with tert-alkyl or cyclic N) is 1. The summed E-state index contributed by atoms with van der Waals surface area (Å²) in [5, 5.41) is 9.93. The molecule has 5 nitrogen and oxygen atoms in total. The Morgan fingerprint density at radius 2 is 2.04 bits per heavy atom. The number of benzene rings is 1. The van der Waals surface area contributed by atoms with E-state index in [9.17, 15) is 23.1 Å². The number of carbonyl (C=O) groups is 1. The molecule has 8 heteroatoms. The van der Waals surface area contributed by atoms with Gasteiger partial charge in [0, 0.05) is 19.8 Å². The molecule has 2 heterocycles. The normalized spacial score (nSPS) is 21.3. The number of nitrogens with zero attached hydrogens (tertiary/aromatic N) is 3. The number of hydrogen-bond donors (Lipinski definition) is 1. The van der Waals surface area contributed by atoms with Gasteiger partial charge in [-0.25, -0.2) is 4.98 Å². The van der Waals surface area contributed by atoms with Gasteiger partial charge in [0.1, 0.15) is 5.69 Å². The Labute approximate surface area is 136 Å². The molecule has 1 saturated heterocycles. The van der Waals surface area contributed by atoms with Crippen molar-refractivity contribution in [2.45, 2.75) is 24.7 Å². The summed E-state index contributed by atoms with van der Waals surface area (Å²) in [5.41, 5.74) is -0.658. The summed E-state index contributed by atoms with van der Waals surface area (Å²) in [5.74, 6) is -0.492. The fourth-order valence-electron chi connectivity index (χ4n) is 3.05. The van der Waals surface area contributed by atoms with Crippen LogP contribution in [0.1, 0.15) is 34.1 Å². The van der Waals surface area contributed by atoms with Crippen molar-refractivity contribution >= 4 is 5.91 Å². The summed E-state index contributed by atoms with van der Waals surface area (Å²) in [6.07, 6.45) is -2.39.